The Morgan fingerprint density at radius 1 is 1.41 bits per heavy atom. The van der Waals surface area contributed by atoms with Gasteiger partial charge in [0.05, 0.1) is 22.0 Å². The number of amides is 1. The van der Waals surface area contributed by atoms with E-state index in [2.05, 4.69) is 15.5 Å². The standard InChI is InChI=1S/C16H16N6O4S/c1-9-13(6-7-26-9)14-19-20-16(21(14)17)27-10(2)15(23)18-11-4-3-5-12(8-11)22(24)25/h3-8,10H,17H2,1-2H3,(H,18,23). The number of rotatable bonds is 6. The van der Waals surface area contributed by atoms with Gasteiger partial charge in [-0.3, -0.25) is 14.9 Å². The van der Waals surface area contributed by atoms with Crippen LogP contribution in [0.2, 0.25) is 0 Å². The van der Waals surface area contributed by atoms with Gasteiger partial charge < -0.3 is 15.6 Å². The smallest absolute Gasteiger partial charge is 0.271 e. The first-order valence-corrected chi connectivity index (χ1v) is 8.71. The minimum atomic E-state index is -0.561. The molecule has 2 aromatic heterocycles. The molecule has 0 saturated carbocycles. The summed E-state index contributed by atoms with van der Waals surface area (Å²) in [7, 11) is 0. The molecule has 2 heterocycles. The minimum Gasteiger partial charge on any atom is -0.469 e. The maximum Gasteiger partial charge on any atom is 0.271 e. The zero-order valence-electron chi connectivity index (χ0n) is 14.4. The lowest BCUT2D eigenvalue weighted by atomic mass is 10.2. The summed E-state index contributed by atoms with van der Waals surface area (Å²) < 4.78 is 6.53. The summed E-state index contributed by atoms with van der Waals surface area (Å²) in [4.78, 5) is 22.7. The summed E-state index contributed by atoms with van der Waals surface area (Å²) in [6, 6.07) is 7.45. The fourth-order valence-corrected chi connectivity index (χ4v) is 3.08. The number of benzene rings is 1. The van der Waals surface area contributed by atoms with Crippen LogP contribution in [-0.4, -0.2) is 31.0 Å². The fraction of sp³-hybridized carbons (Fsp3) is 0.188. The SMILES string of the molecule is Cc1occc1-c1nnc(SC(C)C(=O)Nc2cccc([N+](=O)[O-])c2)n1N. The lowest BCUT2D eigenvalue weighted by Gasteiger charge is -2.11. The normalized spacial score (nSPS) is 11.9. The molecule has 0 radical (unpaired) electrons. The number of nitrogens with one attached hydrogen (secondary N) is 1. The number of thioether (sulfide) groups is 1. The number of nitro benzene ring substituents is 1. The Labute approximate surface area is 157 Å². The lowest BCUT2D eigenvalue weighted by Crippen LogP contribution is -2.23. The summed E-state index contributed by atoms with van der Waals surface area (Å²) in [6.45, 7) is 3.46. The number of hydrogen-bond acceptors (Lipinski definition) is 8. The van der Waals surface area contributed by atoms with Gasteiger partial charge in [-0.1, -0.05) is 17.8 Å². The second kappa shape index (κ2) is 7.50. The van der Waals surface area contributed by atoms with Gasteiger partial charge in [0.15, 0.2) is 5.82 Å². The van der Waals surface area contributed by atoms with Crippen LogP contribution in [0.5, 0.6) is 0 Å². The van der Waals surface area contributed by atoms with Gasteiger partial charge in [-0.2, -0.15) is 0 Å². The summed E-state index contributed by atoms with van der Waals surface area (Å²) >= 11 is 1.12. The number of nitrogen functional groups attached to an aromatic ring is 1. The first kappa shape index (κ1) is 18.5. The van der Waals surface area contributed by atoms with Crippen LogP contribution in [0.1, 0.15) is 12.7 Å². The van der Waals surface area contributed by atoms with E-state index in [1.54, 1.807) is 26.0 Å². The second-order valence-corrected chi connectivity index (χ2v) is 6.93. The molecular formula is C16H16N6O4S. The predicted octanol–water partition coefficient (Wildman–Crippen LogP) is 2.59. The topological polar surface area (TPSA) is 142 Å². The van der Waals surface area contributed by atoms with E-state index in [1.165, 1.54) is 29.1 Å². The third kappa shape index (κ3) is 3.92. The van der Waals surface area contributed by atoms with Crippen molar-refractivity contribution in [2.75, 3.05) is 11.2 Å². The number of carbonyl (C=O) groups excluding carboxylic acids is 1. The molecule has 0 fully saturated rings. The highest BCUT2D eigenvalue weighted by atomic mass is 32.2. The van der Waals surface area contributed by atoms with E-state index < -0.39 is 10.2 Å². The molecule has 0 aliphatic rings. The van der Waals surface area contributed by atoms with Gasteiger partial charge in [0.25, 0.3) is 5.69 Å². The number of furan rings is 1. The van der Waals surface area contributed by atoms with E-state index in [-0.39, 0.29) is 11.6 Å². The van der Waals surface area contributed by atoms with Crippen molar-refractivity contribution in [2.45, 2.75) is 24.3 Å². The van der Waals surface area contributed by atoms with Gasteiger partial charge in [0.2, 0.25) is 11.1 Å². The molecule has 0 bridgehead atoms. The molecule has 0 spiro atoms. The molecule has 0 saturated heterocycles. The molecule has 3 rings (SSSR count). The highest BCUT2D eigenvalue weighted by Crippen LogP contribution is 2.27. The Balaban J connectivity index is 1.70. The lowest BCUT2D eigenvalue weighted by molar-refractivity contribution is -0.384. The molecule has 1 atom stereocenters. The summed E-state index contributed by atoms with van der Waals surface area (Å²) in [6.07, 6.45) is 1.53. The predicted molar refractivity (Wildman–Crippen MR) is 99.7 cm³/mol. The molecule has 140 valence electrons. The Hall–Kier alpha value is -3.34. The van der Waals surface area contributed by atoms with Crippen molar-refractivity contribution in [2.24, 2.45) is 0 Å². The van der Waals surface area contributed by atoms with Crippen molar-refractivity contribution in [3.8, 4) is 11.4 Å². The van der Waals surface area contributed by atoms with Crippen molar-refractivity contribution in [1.29, 1.82) is 0 Å². The summed E-state index contributed by atoms with van der Waals surface area (Å²) in [5.74, 6) is 6.78. The highest BCUT2D eigenvalue weighted by molar-refractivity contribution is 8.00. The maximum atomic E-state index is 12.4. The van der Waals surface area contributed by atoms with E-state index in [4.69, 9.17) is 10.3 Å². The number of aromatic nitrogens is 3. The van der Waals surface area contributed by atoms with E-state index >= 15 is 0 Å². The van der Waals surface area contributed by atoms with E-state index in [0.717, 1.165) is 11.8 Å². The Morgan fingerprint density at radius 2 is 2.19 bits per heavy atom. The number of nitrogens with zero attached hydrogens (tertiary/aromatic N) is 4. The quantitative estimate of drug-likeness (QED) is 0.284. The molecule has 10 nitrogen and oxygen atoms in total. The number of non-ortho nitro benzene ring substituents is 1. The zero-order chi connectivity index (χ0) is 19.6. The van der Waals surface area contributed by atoms with E-state index in [1.807, 2.05) is 0 Å². The van der Waals surface area contributed by atoms with Gasteiger partial charge in [-0.05, 0) is 26.0 Å². The van der Waals surface area contributed by atoms with Crippen LogP contribution in [0.3, 0.4) is 0 Å². The van der Waals surface area contributed by atoms with Gasteiger partial charge >= 0.3 is 0 Å². The van der Waals surface area contributed by atoms with Crippen molar-refractivity contribution in [3.63, 3.8) is 0 Å². The van der Waals surface area contributed by atoms with Gasteiger partial charge in [0, 0.05) is 17.8 Å². The number of hydrogen-bond donors (Lipinski definition) is 2. The summed E-state index contributed by atoms with van der Waals surface area (Å²) in [5.41, 5.74) is 0.950. The maximum absolute atomic E-state index is 12.4. The molecule has 3 aromatic rings. The van der Waals surface area contributed by atoms with Crippen LogP contribution < -0.4 is 11.2 Å². The van der Waals surface area contributed by atoms with Gasteiger partial charge in [-0.15, -0.1) is 10.2 Å². The molecule has 27 heavy (non-hydrogen) atoms. The molecule has 1 unspecified atom stereocenters. The summed E-state index contributed by atoms with van der Waals surface area (Å²) in [5, 5.41) is 21.3. The van der Waals surface area contributed by atoms with Crippen LogP contribution in [0.15, 0.2) is 46.2 Å². The molecule has 0 aliphatic carbocycles. The Kier molecular flexibility index (Phi) is 5.12. The van der Waals surface area contributed by atoms with Gasteiger partial charge in [0.1, 0.15) is 5.76 Å². The van der Waals surface area contributed by atoms with E-state index in [9.17, 15) is 14.9 Å². The molecule has 1 aromatic carbocycles. The number of nitrogens with two attached hydrogens (primary N) is 1. The first-order chi connectivity index (χ1) is 12.9. The Bertz CT molecular complexity index is 998. The third-order valence-corrected chi connectivity index (χ3v) is 4.80. The second-order valence-electron chi connectivity index (χ2n) is 5.62. The molecular weight excluding hydrogens is 372 g/mol. The number of aryl methyl sites for hydroxylation is 1. The van der Waals surface area contributed by atoms with Gasteiger partial charge in [-0.25, -0.2) is 4.68 Å². The average molecular weight is 388 g/mol. The van der Waals surface area contributed by atoms with E-state index in [0.29, 0.717) is 28.0 Å². The van der Waals surface area contributed by atoms with Crippen molar-refractivity contribution in [3.05, 3.63) is 52.5 Å². The average Bonchev–Trinajstić information content (AvgIpc) is 3.21. The van der Waals surface area contributed by atoms with Crippen LogP contribution in [-0.2, 0) is 4.79 Å². The molecule has 11 heteroatoms. The Morgan fingerprint density at radius 3 is 2.85 bits per heavy atom. The fourth-order valence-electron chi connectivity index (χ4n) is 2.31. The van der Waals surface area contributed by atoms with Crippen LogP contribution in [0.4, 0.5) is 11.4 Å². The van der Waals surface area contributed by atoms with Crippen molar-refractivity contribution >= 4 is 29.0 Å². The molecule has 0 aliphatic heterocycles. The third-order valence-electron chi connectivity index (χ3n) is 3.74. The largest absolute Gasteiger partial charge is 0.469 e. The van der Waals surface area contributed by atoms with Crippen molar-refractivity contribution in [1.82, 2.24) is 14.9 Å². The van der Waals surface area contributed by atoms with Crippen LogP contribution in [0, 0.1) is 17.0 Å². The van der Waals surface area contributed by atoms with Crippen LogP contribution >= 0.6 is 11.8 Å². The monoisotopic (exact) mass is 388 g/mol. The minimum absolute atomic E-state index is 0.102. The number of carbonyl (C=O) groups is 1. The highest BCUT2D eigenvalue weighted by Gasteiger charge is 2.21. The van der Waals surface area contributed by atoms with Crippen molar-refractivity contribution < 1.29 is 14.1 Å². The zero-order valence-corrected chi connectivity index (χ0v) is 15.3. The first-order valence-electron chi connectivity index (χ1n) is 7.83. The number of anilines is 1. The molecule has 1 amide bonds. The molecule has 3 N–H and O–H groups in total. The number of nitro groups is 1. The van der Waals surface area contributed by atoms with Crippen LogP contribution in [0.25, 0.3) is 11.4 Å².